The lowest BCUT2D eigenvalue weighted by molar-refractivity contribution is -0.135. The molecule has 0 aliphatic carbocycles. The van der Waals surface area contributed by atoms with Crippen molar-refractivity contribution in [3.63, 3.8) is 0 Å². The van der Waals surface area contributed by atoms with Crippen LogP contribution in [0.25, 0.3) is 0 Å². The molecule has 0 radical (unpaired) electrons. The van der Waals surface area contributed by atoms with Crippen LogP contribution in [0.15, 0.2) is 46.6 Å². The van der Waals surface area contributed by atoms with Crippen LogP contribution in [0.3, 0.4) is 0 Å². The normalized spacial score (nSPS) is 16.2. The molecule has 184 valence electrons. The van der Waals surface area contributed by atoms with Gasteiger partial charge in [-0.2, -0.15) is 15.2 Å². The van der Waals surface area contributed by atoms with Crippen LogP contribution >= 0.6 is 11.3 Å². The van der Waals surface area contributed by atoms with E-state index in [1.54, 1.807) is 13.8 Å². The summed E-state index contributed by atoms with van der Waals surface area (Å²) in [5, 5.41) is 20.7. The van der Waals surface area contributed by atoms with E-state index in [0.29, 0.717) is 17.1 Å². The summed E-state index contributed by atoms with van der Waals surface area (Å²) < 4.78 is 0. The lowest BCUT2D eigenvalue weighted by atomic mass is 9.87. The van der Waals surface area contributed by atoms with Crippen molar-refractivity contribution in [1.29, 1.82) is 0 Å². The number of aliphatic carboxylic acids is 1. The Morgan fingerprint density at radius 1 is 1.09 bits per heavy atom. The van der Waals surface area contributed by atoms with Gasteiger partial charge in [-0.15, -0.1) is 11.3 Å². The molecule has 0 saturated heterocycles. The standard InChI is InChI=1S/C24H27N5O5S/c1-13(26-27-22(33)18-11-10-17(35-18)21(32)25-12-19(30)31)20-14(2)28-29(23(20)34)16-8-6-15(7-9-16)24(3,4)5/h6-11,20H,12H2,1-5H3,(H,25,32)(H,27,33)(H,30,31)/b26-13+. The van der Waals surface area contributed by atoms with Gasteiger partial charge in [0.1, 0.15) is 12.5 Å². The zero-order valence-corrected chi connectivity index (χ0v) is 20.9. The summed E-state index contributed by atoms with van der Waals surface area (Å²) in [6.07, 6.45) is 0. The van der Waals surface area contributed by atoms with Crippen LogP contribution in [-0.4, -0.2) is 46.8 Å². The number of anilines is 1. The summed E-state index contributed by atoms with van der Waals surface area (Å²) in [7, 11) is 0. The largest absolute Gasteiger partial charge is 0.480 e. The second-order valence-corrected chi connectivity index (χ2v) is 10.1. The fraction of sp³-hybridized carbons (Fsp3) is 0.333. The SMILES string of the molecule is CC1=NN(c2ccc(C(C)(C)C)cc2)C(=O)C1/C(C)=N/NC(=O)c1ccc(C(=O)NCC(=O)O)s1. The summed E-state index contributed by atoms with van der Waals surface area (Å²) in [5.74, 6) is -3.29. The number of hydrogen-bond donors (Lipinski definition) is 3. The van der Waals surface area contributed by atoms with Crippen molar-refractivity contribution in [2.45, 2.75) is 40.0 Å². The average molecular weight is 498 g/mol. The van der Waals surface area contributed by atoms with Gasteiger partial charge in [0, 0.05) is 0 Å². The molecule has 1 aliphatic rings. The van der Waals surface area contributed by atoms with Crippen LogP contribution in [-0.2, 0) is 15.0 Å². The molecule has 35 heavy (non-hydrogen) atoms. The van der Waals surface area contributed by atoms with E-state index >= 15 is 0 Å². The molecule has 1 aromatic carbocycles. The van der Waals surface area contributed by atoms with E-state index in [0.717, 1.165) is 16.9 Å². The van der Waals surface area contributed by atoms with Crippen LogP contribution in [0.4, 0.5) is 5.69 Å². The molecule has 0 spiro atoms. The third-order valence-electron chi connectivity index (χ3n) is 5.31. The smallest absolute Gasteiger partial charge is 0.322 e. The van der Waals surface area contributed by atoms with E-state index in [9.17, 15) is 19.2 Å². The van der Waals surface area contributed by atoms with Gasteiger partial charge in [0.2, 0.25) is 0 Å². The Morgan fingerprint density at radius 3 is 2.26 bits per heavy atom. The Morgan fingerprint density at radius 2 is 1.69 bits per heavy atom. The summed E-state index contributed by atoms with van der Waals surface area (Å²) in [6.45, 7) is 9.18. The Hall–Kier alpha value is -3.86. The fourth-order valence-corrected chi connectivity index (χ4v) is 4.23. The summed E-state index contributed by atoms with van der Waals surface area (Å²) in [5.41, 5.74) is 5.11. The minimum absolute atomic E-state index is 0.0116. The molecule has 1 atom stereocenters. The van der Waals surface area contributed by atoms with Crippen molar-refractivity contribution < 1.29 is 24.3 Å². The Labute approximate surface area is 206 Å². The number of carbonyl (C=O) groups is 4. The van der Waals surface area contributed by atoms with Crippen LogP contribution in [0.5, 0.6) is 0 Å². The highest BCUT2D eigenvalue weighted by Crippen LogP contribution is 2.28. The van der Waals surface area contributed by atoms with Gasteiger partial charge >= 0.3 is 5.97 Å². The Kier molecular flexibility index (Phi) is 7.49. The molecule has 0 fully saturated rings. The molecule has 11 heteroatoms. The topological polar surface area (TPSA) is 141 Å². The summed E-state index contributed by atoms with van der Waals surface area (Å²) >= 11 is 0.901. The first-order chi connectivity index (χ1) is 16.4. The molecule has 0 saturated carbocycles. The molecule has 1 aliphatic heterocycles. The maximum atomic E-state index is 13.1. The molecule has 1 aromatic heterocycles. The first-order valence-electron chi connectivity index (χ1n) is 10.8. The van der Waals surface area contributed by atoms with Crippen molar-refractivity contribution in [3.8, 4) is 0 Å². The van der Waals surface area contributed by atoms with E-state index in [1.807, 2.05) is 24.3 Å². The molecule has 1 unspecified atom stereocenters. The van der Waals surface area contributed by atoms with E-state index in [1.165, 1.54) is 17.1 Å². The third-order valence-corrected chi connectivity index (χ3v) is 6.40. The fourth-order valence-electron chi connectivity index (χ4n) is 3.42. The van der Waals surface area contributed by atoms with E-state index < -0.39 is 30.2 Å². The quantitative estimate of drug-likeness (QED) is 0.398. The molecule has 3 rings (SSSR count). The number of rotatable bonds is 7. The van der Waals surface area contributed by atoms with E-state index in [2.05, 4.69) is 41.7 Å². The lowest BCUT2D eigenvalue weighted by Crippen LogP contribution is -2.33. The average Bonchev–Trinajstić information content (AvgIpc) is 3.40. The number of nitrogens with one attached hydrogen (secondary N) is 2. The van der Waals surface area contributed by atoms with Crippen LogP contribution in [0, 0.1) is 5.92 Å². The number of thiophene rings is 1. The van der Waals surface area contributed by atoms with Crippen LogP contribution < -0.4 is 15.8 Å². The third kappa shape index (κ3) is 5.99. The molecule has 2 heterocycles. The second kappa shape index (κ2) is 10.2. The van der Waals surface area contributed by atoms with Gasteiger partial charge < -0.3 is 10.4 Å². The highest BCUT2D eigenvalue weighted by Gasteiger charge is 2.36. The van der Waals surface area contributed by atoms with Gasteiger partial charge in [-0.1, -0.05) is 32.9 Å². The van der Waals surface area contributed by atoms with E-state index in [-0.39, 0.29) is 21.1 Å². The maximum Gasteiger partial charge on any atom is 0.322 e. The number of carboxylic acid groups (broad SMARTS) is 1. The molecule has 0 bridgehead atoms. The predicted molar refractivity (Wildman–Crippen MR) is 134 cm³/mol. The predicted octanol–water partition coefficient (Wildman–Crippen LogP) is 3.00. The van der Waals surface area contributed by atoms with Gasteiger partial charge in [-0.25, -0.2) is 5.43 Å². The van der Waals surface area contributed by atoms with Crippen LogP contribution in [0.2, 0.25) is 0 Å². The van der Waals surface area contributed by atoms with Gasteiger partial charge in [0.25, 0.3) is 17.7 Å². The van der Waals surface area contributed by atoms with Crippen LogP contribution in [0.1, 0.15) is 59.5 Å². The van der Waals surface area contributed by atoms with E-state index in [4.69, 9.17) is 5.11 Å². The van der Waals surface area contributed by atoms with Crippen molar-refractivity contribution in [3.05, 3.63) is 51.7 Å². The number of hydrazone groups is 2. The maximum absolute atomic E-state index is 13.1. The molecule has 3 N–H and O–H groups in total. The molecular weight excluding hydrogens is 470 g/mol. The van der Waals surface area contributed by atoms with Crippen molar-refractivity contribution in [1.82, 2.24) is 10.7 Å². The number of carbonyl (C=O) groups excluding carboxylic acids is 3. The number of hydrogen-bond acceptors (Lipinski definition) is 7. The van der Waals surface area contributed by atoms with Crippen molar-refractivity contribution >= 4 is 52.1 Å². The molecule has 2 aromatic rings. The minimum atomic E-state index is -1.17. The molecule has 3 amide bonds. The molecule has 10 nitrogen and oxygen atoms in total. The Bertz CT molecular complexity index is 1220. The summed E-state index contributed by atoms with van der Waals surface area (Å²) in [4.78, 5) is 48.5. The summed E-state index contributed by atoms with van der Waals surface area (Å²) in [6, 6.07) is 10.5. The van der Waals surface area contributed by atoms with Gasteiger partial charge in [0.05, 0.1) is 26.9 Å². The van der Waals surface area contributed by atoms with Crippen molar-refractivity contribution in [2.24, 2.45) is 16.1 Å². The zero-order chi connectivity index (χ0) is 25.9. The number of carboxylic acids is 1. The zero-order valence-electron chi connectivity index (χ0n) is 20.1. The van der Waals surface area contributed by atoms with Gasteiger partial charge in [0.15, 0.2) is 0 Å². The lowest BCUT2D eigenvalue weighted by Gasteiger charge is -2.20. The molecular formula is C24H27N5O5S. The number of nitrogens with zero attached hydrogens (tertiary/aromatic N) is 3. The highest BCUT2D eigenvalue weighted by atomic mass is 32.1. The second-order valence-electron chi connectivity index (χ2n) is 9.06. The minimum Gasteiger partial charge on any atom is -0.480 e. The number of benzene rings is 1. The van der Waals surface area contributed by atoms with Gasteiger partial charge in [-0.05, 0) is 49.1 Å². The monoisotopic (exact) mass is 497 g/mol. The Balaban J connectivity index is 1.66. The highest BCUT2D eigenvalue weighted by molar-refractivity contribution is 7.15. The van der Waals surface area contributed by atoms with Gasteiger partial charge in [-0.3, -0.25) is 19.2 Å². The first-order valence-corrected chi connectivity index (χ1v) is 11.6. The first kappa shape index (κ1) is 25.8. The number of amides is 3. The van der Waals surface area contributed by atoms with Crippen molar-refractivity contribution in [2.75, 3.05) is 11.6 Å².